The Bertz CT molecular complexity index is 433. The number of hydrogen-bond acceptors (Lipinski definition) is 3. The third kappa shape index (κ3) is 4.95. The fraction of sp³-hybridized carbons (Fsp3) is 0.385. The van der Waals surface area contributed by atoms with E-state index < -0.39 is 24.6 Å². The Labute approximate surface area is 110 Å². The molecule has 1 atom stereocenters. The van der Waals surface area contributed by atoms with Crippen LogP contribution >= 0.6 is 0 Å². The van der Waals surface area contributed by atoms with Crippen LogP contribution in [0.2, 0.25) is 0 Å². The third-order valence-corrected chi connectivity index (χ3v) is 2.49. The van der Waals surface area contributed by atoms with E-state index in [9.17, 15) is 14.0 Å². The fourth-order valence-corrected chi connectivity index (χ4v) is 1.37. The molecular formula is C13H16FNO4. The van der Waals surface area contributed by atoms with Gasteiger partial charge in [0.1, 0.15) is 12.4 Å². The second kappa shape index (κ2) is 7.35. The van der Waals surface area contributed by atoms with Gasteiger partial charge in [0.05, 0.1) is 0 Å². The summed E-state index contributed by atoms with van der Waals surface area (Å²) < 4.78 is 17.4. The maximum atomic E-state index is 12.3. The van der Waals surface area contributed by atoms with Gasteiger partial charge in [-0.3, -0.25) is 4.79 Å². The van der Waals surface area contributed by atoms with E-state index in [2.05, 4.69) is 0 Å². The smallest absolute Gasteiger partial charge is 0.328 e. The molecule has 2 N–H and O–H groups in total. The lowest BCUT2D eigenvalue weighted by molar-refractivity contribution is -0.142. The molecule has 0 aliphatic rings. The summed E-state index contributed by atoms with van der Waals surface area (Å²) in [5, 5.41) is 10.6. The van der Waals surface area contributed by atoms with Gasteiger partial charge in [-0.2, -0.15) is 0 Å². The summed E-state index contributed by atoms with van der Waals surface area (Å²) in [4.78, 5) is 21.9. The van der Waals surface area contributed by atoms with Crippen LogP contribution in [0.15, 0.2) is 24.3 Å². The van der Waals surface area contributed by atoms with Crippen molar-refractivity contribution in [3.05, 3.63) is 29.8 Å². The molecule has 5 nitrogen and oxygen atoms in total. The molecule has 1 aromatic rings. The van der Waals surface area contributed by atoms with E-state index in [1.165, 1.54) is 0 Å². The largest absolute Gasteiger partial charge is 0.484 e. The molecule has 1 unspecified atom stereocenters. The molecule has 104 valence electrons. The van der Waals surface area contributed by atoms with Crippen LogP contribution in [0.1, 0.15) is 12.5 Å². The molecule has 6 heteroatoms. The van der Waals surface area contributed by atoms with Gasteiger partial charge >= 0.3 is 5.97 Å². The number of halogens is 1. The number of carbonyl (C=O) groups is 2. The zero-order valence-corrected chi connectivity index (χ0v) is 10.6. The summed E-state index contributed by atoms with van der Waals surface area (Å²) >= 11 is 0. The highest BCUT2D eigenvalue weighted by molar-refractivity contribution is 5.84. The van der Waals surface area contributed by atoms with Gasteiger partial charge in [0, 0.05) is 0 Å². The molecule has 0 fully saturated rings. The second-order valence-corrected chi connectivity index (χ2v) is 3.90. The quantitative estimate of drug-likeness (QED) is 0.779. The minimum absolute atomic E-state index is 0.352. The van der Waals surface area contributed by atoms with Crippen LogP contribution in [0.25, 0.3) is 0 Å². The molecule has 0 bridgehead atoms. The van der Waals surface area contributed by atoms with E-state index in [0.717, 1.165) is 12.0 Å². The van der Waals surface area contributed by atoms with Crippen molar-refractivity contribution in [3.63, 3.8) is 0 Å². The number of rotatable bonds is 7. The number of amides is 1. The van der Waals surface area contributed by atoms with Crippen LogP contribution in [0.4, 0.5) is 4.39 Å². The molecule has 0 saturated carbocycles. The van der Waals surface area contributed by atoms with Crippen molar-refractivity contribution in [2.45, 2.75) is 19.4 Å². The summed E-state index contributed by atoms with van der Waals surface area (Å²) in [6, 6.07) is 5.65. The van der Waals surface area contributed by atoms with E-state index >= 15 is 0 Å². The topological polar surface area (TPSA) is 75.6 Å². The van der Waals surface area contributed by atoms with Gasteiger partial charge in [0.15, 0.2) is 12.6 Å². The molecular weight excluding hydrogens is 253 g/mol. The Kier molecular flexibility index (Phi) is 5.78. The number of benzene rings is 1. The molecule has 0 heterocycles. The zero-order valence-electron chi connectivity index (χ0n) is 10.6. The first-order valence-corrected chi connectivity index (χ1v) is 5.86. The van der Waals surface area contributed by atoms with Gasteiger partial charge in [-0.15, -0.1) is 0 Å². The normalized spacial score (nSPS) is 11.7. The zero-order chi connectivity index (χ0) is 14.3. The lowest BCUT2D eigenvalue weighted by Gasteiger charge is -2.11. The number of aliphatic carboxylic acids is 1. The predicted molar refractivity (Wildman–Crippen MR) is 66.9 cm³/mol. The lowest BCUT2D eigenvalue weighted by atomic mass is 10.2. The highest BCUT2D eigenvalue weighted by Crippen LogP contribution is 2.12. The molecule has 1 rings (SSSR count). The van der Waals surface area contributed by atoms with Crippen molar-refractivity contribution in [1.82, 2.24) is 5.32 Å². The number of carboxylic acid groups (broad SMARTS) is 1. The van der Waals surface area contributed by atoms with Crippen molar-refractivity contribution in [2.75, 3.05) is 13.3 Å². The van der Waals surface area contributed by atoms with Crippen LogP contribution < -0.4 is 10.1 Å². The molecule has 0 spiro atoms. The highest BCUT2D eigenvalue weighted by Gasteiger charge is 2.19. The van der Waals surface area contributed by atoms with E-state index in [-0.39, 0.29) is 6.61 Å². The van der Waals surface area contributed by atoms with Gasteiger partial charge in [0.25, 0.3) is 5.91 Å². The van der Waals surface area contributed by atoms with E-state index in [1.54, 1.807) is 12.1 Å². The average molecular weight is 269 g/mol. The monoisotopic (exact) mass is 269 g/mol. The molecule has 19 heavy (non-hydrogen) atoms. The van der Waals surface area contributed by atoms with Gasteiger partial charge in [-0.25, -0.2) is 9.18 Å². The standard InChI is InChI=1S/C13H16FNO4/c1-2-9-3-5-10(6-4-9)19-8-12(16)15-11(7-14)13(17)18/h3-6,11H,2,7-8H2,1H3,(H,15,16)(H,17,18). The van der Waals surface area contributed by atoms with Gasteiger partial charge in [0.2, 0.25) is 0 Å². The van der Waals surface area contributed by atoms with Crippen LogP contribution in [0.3, 0.4) is 0 Å². The first-order valence-electron chi connectivity index (χ1n) is 5.86. The maximum Gasteiger partial charge on any atom is 0.328 e. The van der Waals surface area contributed by atoms with Gasteiger partial charge < -0.3 is 15.2 Å². The number of hydrogen-bond donors (Lipinski definition) is 2. The Morgan fingerprint density at radius 1 is 1.37 bits per heavy atom. The maximum absolute atomic E-state index is 12.3. The summed E-state index contributed by atoms with van der Waals surface area (Å²) in [5.74, 6) is -1.59. The van der Waals surface area contributed by atoms with Crippen molar-refractivity contribution in [2.24, 2.45) is 0 Å². The molecule has 1 aromatic carbocycles. The molecule has 1 amide bonds. The summed E-state index contributed by atoms with van der Waals surface area (Å²) in [7, 11) is 0. The first kappa shape index (κ1) is 14.9. The first-order chi connectivity index (χ1) is 9.06. The van der Waals surface area contributed by atoms with E-state index in [4.69, 9.17) is 9.84 Å². The van der Waals surface area contributed by atoms with E-state index in [1.807, 2.05) is 24.4 Å². The number of aryl methyl sites for hydroxylation is 1. The van der Waals surface area contributed by atoms with Crippen LogP contribution in [-0.2, 0) is 16.0 Å². The summed E-state index contributed by atoms with van der Waals surface area (Å²) in [6.45, 7) is 0.508. The highest BCUT2D eigenvalue weighted by atomic mass is 19.1. The van der Waals surface area contributed by atoms with Crippen LogP contribution in [-0.4, -0.2) is 36.3 Å². The number of alkyl halides is 1. The molecule has 0 saturated heterocycles. The van der Waals surface area contributed by atoms with Crippen LogP contribution in [0, 0.1) is 0 Å². The molecule has 0 aliphatic carbocycles. The average Bonchev–Trinajstić information content (AvgIpc) is 2.42. The van der Waals surface area contributed by atoms with Crippen molar-refractivity contribution in [1.29, 1.82) is 0 Å². The number of carbonyl (C=O) groups excluding carboxylic acids is 1. The Balaban J connectivity index is 2.42. The minimum Gasteiger partial charge on any atom is -0.484 e. The Morgan fingerprint density at radius 2 is 2.00 bits per heavy atom. The second-order valence-electron chi connectivity index (χ2n) is 3.90. The van der Waals surface area contributed by atoms with E-state index in [0.29, 0.717) is 5.75 Å². The predicted octanol–water partition coefficient (Wildman–Crippen LogP) is 1.17. The summed E-state index contributed by atoms with van der Waals surface area (Å²) in [6.07, 6.45) is 0.900. The minimum atomic E-state index is -1.53. The SMILES string of the molecule is CCc1ccc(OCC(=O)NC(CF)C(=O)O)cc1. The fourth-order valence-electron chi connectivity index (χ4n) is 1.37. The number of carboxylic acids is 1. The molecule has 0 aromatic heterocycles. The number of nitrogens with one attached hydrogen (secondary N) is 1. The Hall–Kier alpha value is -2.11. The molecule has 0 aliphatic heterocycles. The van der Waals surface area contributed by atoms with Crippen LogP contribution in [0.5, 0.6) is 5.75 Å². The van der Waals surface area contributed by atoms with Gasteiger partial charge in [-0.1, -0.05) is 19.1 Å². The van der Waals surface area contributed by atoms with Crippen molar-refractivity contribution >= 4 is 11.9 Å². The lowest BCUT2D eigenvalue weighted by Crippen LogP contribution is -2.44. The summed E-state index contributed by atoms with van der Waals surface area (Å²) in [5.41, 5.74) is 1.14. The Morgan fingerprint density at radius 3 is 2.47 bits per heavy atom. The molecule has 0 radical (unpaired) electrons. The van der Waals surface area contributed by atoms with Crippen molar-refractivity contribution < 1.29 is 23.8 Å². The van der Waals surface area contributed by atoms with Gasteiger partial charge in [-0.05, 0) is 24.1 Å². The van der Waals surface area contributed by atoms with Crippen molar-refractivity contribution in [3.8, 4) is 5.75 Å². The third-order valence-electron chi connectivity index (χ3n) is 2.49. The number of ether oxygens (including phenoxy) is 1.